The van der Waals surface area contributed by atoms with Gasteiger partial charge in [0.25, 0.3) is 5.91 Å². The summed E-state index contributed by atoms with van der Waals surface area (Å²) in [6.45, 7) is 10.0. The summed E-state index contributed by atoms with van der Waals surface area (Å²) in [7, 11) is 0. The summed E-state index contributed by atoms with van der Waals surface area (Å²) in [6.07, 6.45) is 5.61. The van der Waals surface area contributed by atoms with E-state index in [4.69, 9.17) is 4.74 Å². The summed E-state index contributed by atoms with van der Waals surface area (Å²) in [6, 6.07) is 6.94. The van der Waals surface area contributed by atoms with Crippen molar-refractivity contribution in [1.29, 1.82) is 0 Å². The number of nitrogens with zero attached hydrogens (tertiary/aromatic N) is 3. The van der Waals surface area contributed by atoms with Crippen molar-refractivity contribution >= 4 is 12.1 Å². The lowest BCUT2D eigenvalue weighted by molar-refractivity contribution is -0.125. The fourth-order valence-corrected chi connectivity index (χ4v) is 4.43. The molecule has 3 aliphatic rings. The van der Waals surface area contributed by atoms with Crippen molar-refractivity contribution in [1.82, 2.24) is 9.80 Å². The highest BCUT2D eigenvalue weighted by Crippen LogP contribution is 2.34. The number of fused-ring (bicyclic) bond motifs is 1. The van der Waals surface area contributed by atoms with Crippen LogP contribution in [0.2, 0.25) is 0 Å². The van der Waals surface area contributed by atoms with E-state index in [-0.39, 0.29) is 5.91 Å². The Kier molecular flexibility index (Phi) is 5.36. The van der Waals surface area contributed by atoms with Crippen molar-refractivity contribution in [3.8, 4) is 5.75 Å². The molecule has 0 aliphatic carbocycles. The van der Waals surface area contributed by atoms with Gasteiger partial charge in [-0.15, -0.1) is 0 Å². The lowest BCUT2D eigenvalue weighted by atomic mass is 9.98. The van der Waals surface area contributed by atoms with Gasteiger partial charge in [0, 0.05) is 43.9 Å². The molecule has 0 aromatic heterocycles. The minimum Gasteiger partial charge on any atom is -0.493 e. The molecule has 1 unspecified atom stereocenters. The van der Waals surface area contributed by atoms with Crippen LogP contribution in [0.25, 0.3) is 0 Å². The normalized spacial score (nSPS) is 21.3. The molecule has 3 aliphatic heterocycles. The smallest absolute Gasteiger partial charge is 0.250 e. The Morgan fingerprint density at radius 2 is 2.14 bits per heavy atom. The van der Waals surface area contributed by atoms with E-state index < -0.39 is 0 Å². The van der Waals surface area contributed by atoms with Crippen LogP contribution < -0.4 is 4.74 Å². The van der Waals surface area contributed by atoms with Crippen LogP contribution in [-0.4, -0.2) is 54.7 Å². The quantitative estimate of drug-likeness (QED) is 0.736. The van der Waals surface area contributed by atoms with E-state index in [2.05, 4.69) is 35.0 Å². The molecular weight excluding hydrogens is 350 g/mol. The standard InChI is InChI=1S/C23H29N3O2/c1-4-20(24-5-2)15-26-14-19-13-25(10-8-21(19)23(26)27)16(3)18-7-6-17-9-11-28-22(17)12-18/h4-7,12,16H,8-11,13-15H2,1-3H3/b20-4-,24-5?. The SMILES string of the molecule is CC=N/C(=C\C)CN1CC2=C(CCN(C(C)c3ccc4c(c3)OCC4)C2)C1=O. The molecule has 0 spiro atoms. The third-order valence-corrected chi connectivity index (χ3v) is 6.13. The van der Waals surface area contributed by atoms with E-state index in [1.165, 1.54) is 16.7 Å². The molecule has 4 rings (SSSR count). The van der Waals surface area contributed by atoms with Crippen molar-refractivity contribution in [2.75, 3.05) is 32.8 Å². The van der Waals surface area contributed by atoms with Gasteiger partial charge in [-0.2, -0.15) is 0 Å². The van der Waals surface area contributed by atoms with Gasteiger partial charge in [-0.3, -0.25) is 14.7 Å². The van der Waals surface area contributed by atoms with E-state index in [9.17, 15) is 4.79 Å². The lowest BCUT2D eigenvalue weighted by Crippen LogP contribution is -2.34. The molecule has 3 heterocycles. The molecule has 5 heteroatoms. The number of aliphatic imine (C=N–C) groups is 1. The van der Waals surface area contributed by atoms with Crippen LogP contribution in [0.3, 0.4) is 0 Å². The maximum Gasteiger partial charge on any atom is 0.250 e. The van der Waals surface area contributed by atoms with Gasteiger partial charge in [0.15, 0.2) is 0 Å². The van der Waals surface area contributed by atoms with Crippen molar-refractivity contribution in [2.24, 2.45) is 4.99 Å². The molecule has 1 aromatic rings. The van der Waals surface area contributed by atoms with Gasteiger partial charge in [-0.25, -0.2) is 0 Å². The molecule has 148 valence electrons. The molecule has 0 bridgehead atoms. The maximum atomic E-state index is 12.8. The van der Waals surface area contributed by atoms with Crippen LogP contribution in [0, 0.1) is 0 Å². The number of carbonyl (C=O) groups is 1. The molecular formula is C23H29N3O2. The Bertz CT molecular complexity index is 869. The van der Waals surface area contributed by atoms with Gasteiger partial charge in [0.2, 0.25) is 0 Å². The van der Waals surface area contributed by atoms with Crippen LogP contribution in [0.1, 0.15) is 44.4 Å². The van der Waals surface area contributed by atoms with Gasteiger partial charge in [-0.1, -0.05) is 18.2 Å². The summed E-state index contributed by atoms with van der Waals surface area (Å²) in [4.78, 5) is 21.6. The second-order valence-electron chi connectivity index (χ2n) is 7.77. The van der Waals surface area contributed by atoms with Gasteiger partial charge < -0.3 is 9.64 Å². The van der Waals surface area contributed by atoms with Crippen LogP contribution in [0.15, 0.2) is 46.1 Å². The molecule has 0 fully saturated rings. The number of benzene rings is 1. The molecule has 1 atom stereocenters. The van der Waals surface area contributed by atoms with E-state index in [0.717, 1.165) is 56.1 Å². The number of allylic oxidation sites excluding steroid dienone is 1. The van der Waals surface area contributed by atoms with Gasteiger partial charge >= 0.3 is 0 Å². The Hall–Kier alpha value is -2.40. The van der Waals surface area contributed by atoms with E-state index in [0.29, 0.717) is 12.6 Å². The topological polar surface area (TPSA) is 45.1 Å². The number of carbonyl (C=O) groups excluding carboxylic acids is 1. The lowest BCUT2D eigenvalue weighted by Gasteiger charge is -2.33. The number of ether oxygens (including phenoxy) is 1. The molecule has 28 heavy (non-hydrogen) atoms. The Balaban J connectivity index is 1.44. The van der Waals surface area contributed by atoms with Gasteiger partial charge in [0.1, 0.15) is 5.75 Å². The van der Waals surface area contributed by atoms with Gasteiger partial charge in [0.05, 0.1) is 18.8 Å². The van der Waals surface area contributed by atoms with Crippen molar-refractivity contribution in [2.45, 2.75) is 39.7 Å². The van der Waals surface area contributed by atoms with Crippen LogP contribution in [0.5, 0.6) is 5.75 Å². The number of amides is 1. The fourth-order valence-electron chi connectivity index (χ4n) is 4.43. The summed E-state index contributed by atoms with van der Waals surface area (Å²) in [5.41, 5.74) is 5.85. The third-order valence-electron chi connectivity index (χ3n) is 6.13. The predicted octanol–water partition coefficient (Wildman–Crippen LogP) is 3.52. The number of hydrogen-bond acceptors (Lipinski definition) is 4. The summed E-state index contributed by atoms with van der Waals surface area (Å²) in [5, 5.41) is 0. The minimum atomic E-state index is 0.193. The van der Waals surface area contributed by atoms with Crippen LogP contribution >= 0.6 is 0 Å². The van der Waals surface area contributed by atoms with Crippen LogP contribution in [0.4, 0.5) is 0 Å². The molecule has 0 saturated carbocycles. The Morgan fingerprint density at radius 3 is 2.93 bits per heavy atom. The number of hydrogen-bond donors (Lipinski definition) is 0. The maximum absolute atomic E-state index is 12.8. The molecule has 0 radical (unpaired) electrons. The second kappa shape index (κ2) is 7.92. The zero-order valence-electron chi connectivity index (χ0n) is 17.1. The van der Waals surface area contributed by atoms with Crippen molar-refractivity contribution in [3.05, 3.63) is 52.2 Å². The molecule has 0 N–H and O–H groups in total. The first-order valence-electron chi connectivity index (χ1n) is 10.2. The predicted molar refractivity (Wildman–Crippen MR) is 112 cm³/mol. The molecule has 5 nitrogen and oxygen atoms in total. The zero-order valence-corrected chi connectivity index (χ0v) is 17.1. The Labute approximate surface area is 167 Å². The summed E-state index contributed by atoms with van der Waals surface area (Å²) in [5.74, 6) is 1.23. The molecule has 1 aromatic carbocycles. The second-order valence-corrected chi connectivity index (χ2v) is 7.77. The zero-order chi connectivity index (χ0) is 19.7. The van der Waals surface area contributed by atoms with E-state index in [1.807, 2.05) is 24.8 Å². The first-order chi connectivity index (χ1) is 13.6. The first kappa shape index (κ1) is 18.9. The fraction of sp³-hybridized carbons (Fsp3) is 0.478. The summed E-state index contributed by atoms with van der Waals surface area (Å²) >= 11 is 0. The largest absolute Gasteiger partial charge is 0.493 e. The summed E-state index contributed by atoms with van der Waals surface area (Å²) < 4.78 is 5.75. The Morgan fingerprint density at radius 1 is 1.29 bits per heavy atom. The van der Waals surface area contributed by atoms with E-state index >= 15 is 0 Å². The van der Waals surface area contributed by atoms with Gasteiger partial charge in [-0.05, 0) is 50.0 Å². The van der Waals surface area contributed by atoms with Crippen molar-refractivity contribution < 1.29 is 9.53 Å². The average Bonchev–Trinajstić information content (AvgIpc) is 3.30. The molecule has 0 saturated heterocycles. The monoisotopic (exact) mass is 379 g/mol. The highest BCUT2D eigenvalue weighted by atomic mass is 16.5. The average molecular weight is 380 g/mol. The highest BCUT2D eigenvalue weighted by Gasteiger charge is 2.35. The highest BCUT2D eigenvalue weighted by molar-refractivity contribution is 5.97. The first-order valence-corrected chi connectivity index (χ1v) is 10.2. The number of rotatable bonds is 5. The van der Waals surface area contributed by atoms with Crippen LogP contribution in [-0.2, 0) is 11.2 Å². The minimum absolute atomic E-state index is 0.193. The third kappa shape index (κ3) is 3.51. The van der Waals surface area contributed by atoms with E-state index in [1.54, 1.807) is 6.21 Å². The molecule has 1 amide bonds. The van der Waals surface area contributed by atoms with Crippen molar-refractivity contribution in [3.63, 3.8) is 0 Å².